The van der Waals surface area contributed by atoms with Crippen LogP contribution in [0, 0.1) is 6.92 Å². The van der Waals surface area contributed by atoms with Gasteiger partial charge in [0, 0.05) is 18.8 Å². The summed E-state index contributed by atoms with van der Waals surface area (Å²) in [4.78, 5) is 16.2. The Morgan fingerprint density at radius 1 is 1.67 bits per heavy atom. The number of rotatable bonds is 3. The third-order valence-corrected chi connectivity index (χ3v) is 1.88. The van der Waals surface area contributed by atoms with E-state index in [4.69, 9.17) is 0 Å². The van der Waals surface area contributed by atoms with E-state index in [9.17, 15) is 13.6 Å². The Morgan fingerprint density at radius 2 is 2.27 bits per heavy atom. The first-order valence-electron chi connectivity index (χ1n) is 4.13. The highest BCUT2D eigenvalue weighted by molar-refractivity contribution is 5.92. The molecule has 84 valence electrons. The number of nitrogens with zero attached hydrogens (tertiary/aromatic N) is 3. The van der Waals surface area contributed by atoms with E-state index in [1.54, 1.807) is 0 Å². The zero-order valence-electron chi connectivity index (χ0n) is 8.57. The molecule has 1 amide bonds. The zero-order chi connectivity index (χ0) is 11.6. The average Bonchev–Trinajstić information content (AvgIpc) is 2.58. The third-order valence-electron chi connectivity index (χ3n) is 1.88. The molecule has 0 aliphatic carbocycles. The van der Waals surface area contributed by atoms with Crippen LogP contribution in [0.15, 0.2) is 6.20 Å². The fourth-order valence-electron chi connectivity index (χ4n) is 1.03. The summed E-state index contributed by atoms with van der Waals surface area (Å²) in [5, 5.41) is 4.40. The summed E-state index contributed by atoms with van der Waals surface area (Å²) in [6.45, 7) is -1.22. The lowest BCUT2D eigenvalue weighted by atomic mass is 10.3. The molecule has 0 aliphatic heterocycles. The van der Waals surface area contributed by atoms with Crippen molar-refractivity contribution in [2.45, 2.75) is 13.5 Å². The van der Waals surface area contributed by atoms with Gasteiger partial charge in [-0.05, 0) is 6.92 Å². The predicted molar refractivity (Wildman–Crippen MR) is 47.3 cm³/mol. The first-order chi connectivity index (χ1) is 6.97. The highest BCUT2D eigenvalue weighted by Crippen LogP contribution is 2.14. The van der Waals surface area contributed by atoms with E-state index in [0.717, 1.165) is 11.3 Å². The van der Waals surface area contributed by atoms with Crippen molar-refractivity contribution in [3.63, 3.8) is 0 Å². The standard InChI is InChI=1S/C8H11F2N3O2/c1-5-4-13(8(9)10)11-6(5)7(14)12(2)15-3/h4,8H,1-3H3. The molecule has 0 unspecified atom stereocenters. The Hall–Kier alpha value is -1.50. The van der Waals surface area contributed by atoms with Gasteiger partial charge in [0.1, 0.15) is 0 Å². The quantitative estimate of drug-likeness (QED) is 0.718. The normalized spacial score (nSPS) is 10.8. The van der Waals surface area contributed by atoms with Crippen molar-refractivity contribution in [1.29, 1.82) is 0 Å². The van der Waals surface area contributed by atoms with Gasteiger partial charge in [0.05, 0.1) is 7.11 Å². The van der Waals surface area contributed by atoms with Gasteiger partial charge < -0.3 is 0 Å². The molecule has 0 N–H and O–H groups in total. The van der Waals surface area contributed by atoms with Gasteiger partial charge in [-0.3, -0.25) is 9.63 Å². The molecular formula is C8H11F2N3O2. The number of alkyl halides is 2. The highest BCUT2D eigenvalue weighted by Gasteiger charge is 2.20. The van der Waals surface area contributed by atoms with Crippen molar-refractivity contribution in [1.82, 2.24) is 14.8 Å². The Balaban J connectivity index is 2.99. The number of hydrogen-bond acceptors (Lipinski definition) is 3. The lowest BCUT2D eigenvalue weighted by Crippen LogP contribution is -2.26. The molecule has 0 radical (unpaired) electrons. The fraction of sp³-hybridized carbons (Fsp3) is 0.500. The summed E-state index contributed by atoms with van der Waals surface area (Å²) >= 11 is 0. The summed E-state index contributed by atoms with van der Waals surface area (Å²) < 4.78 is 24.9. The van der Waals surface area contributed by atoms with Crippen molar-refractivity contribution < 1.29 is 18.4 Å². The van der Waals surface area contributed by atoms with Gasteiger partial charge in [-0.1, -0.05) is 0 Å². The lowest BCUT2D eigenvalue weighted by molar-refractivity contribution is -0.0762. The minimum atomic E-state index is -2.75. The maximum atomic E-state index is 12.3. The molecule has 7 heteroatoms. The summed E-state index contributed by atoms with van der Waals surface area (Å²) in [5.41, 5.74) is 0.337. The number of aryl methyl sites for hydroxylation is 1. The first-order valence-corrected chi connectivity index (χ1v) is 4.13. The van der Waals surface area contributed by atoms with Crippen molar-refractivity contribution >= 4 is 5.91 Å². The first kappa shape index (κ1) is 11.6. The van der Waals surface area contributed by atoms with Crippen LogP contribution in [0.4, 0.5) is 8.78 Å². The number of halogens is 2. The Kier molecular flexibility index (Phi) is 3.35. The minimum Gasteiger partial charge on any atom is -0.274 e. The van der Waals surface area contributed by atoms with Crippen molar-refractivity contribution in [3.05, 3.63) is 17.5 Å². The molecule has 0 bridgehead atoms. The average molecular weight is 219 g/mol. The SMILES string of the molecule is CON(C)C(=O)c1nn(C(F)F)cc1C. The monoisotopic (exact) mass is 219 g/mol. The predicted octanol–water partition coefficient (Wildman–Crippen LogP) is 1.22. The molecule has 0 aromatic carbocycles. The largest absolute Gasteiger partial charge is 0.333 e. The molecule has 0 saturated carbocycles. The molecule has 1 rings (SSSR count). The molecule has 1 heterocycles. The maximum Gasteiger partial charge on any atom is 0.333 e. The van der Waals surface area contributed by atoms with Crippen LogP contribution in [0.25, 0.3) is 0 Å². The van der Waals surface area contributed by atoms with Crippen molar-refractivity contribution in [2.75, 3.05) is 14.2 Å². The van der Waals surface area contributed by atoms with Gasteiger partial charge in [0.15, 0.2) is 5.69 Å². The number of aromatic nitrogens is 2. The molecular weight excluding hydrogens is 208 g/mol. The van der Waals surface area contributed by atoms with Gasteiger partial charge in [0.25, 0.3) is 5.91 Å². The molecule has 0 aliphatic rings. The lowest BCUT2D eigenvalue weighted by Gasteiger charge is -2.11. The van der Waals surface area contributed by atoms with Crippen LogP contribution in [-0.4, -0.2) is 34.9 Å². The van der Waals surface area contributed by atoms with Crippen molar-refractivity contribution in [3.8, 4) is 0 Å². The second kappa shape index (κ2) is 4.35. The van der Waals surface area contributed by atoms with Crippen LogP contribution < -0.4 is 0 Å². The van der Waals surface area contributed by atoms with E-state index in [0.29, 0.717) is 10.2 Å². The number of hydrogen-bond donors (Lipinski definition) is 0. The smallest absolute Gasteiger partial charge is 0.274 e. The summed E-state index contributed by atoms with van der Waals surface area (Å²) in [6.07, 6.45) is 1.11. The third kappa shape index (κ3) is 2.30. The molecule has 0 saturated heterocycles. The highest BCUT2D eigenvalue weighted by atomic mass is 19.3. The molecule has 5 nitrogen and oxygen atoms in total. The molecule has 0 atom stereocenters. The van der Waals surface area contributed by atoms with E-state index in [1.165, 1.54) is 21.1 Å². The maximum absolute atomic E-state index is 12.3. The van der Waals surface area contributed by atoms with E-state index in [2.05, 4.69) is 9.94 Å². The molecule has 0 spiro atoms. The van der Waals surface area contributed by atoms with Gasteiger partial charge in [-0.25, -0.2) is 9.75 Å². The zero-order valence-corrected chi connectivity index (χ0v) is 8.57. The minimum absolute atomic E-state index is 0.0420. The van der Waals surface area contributed by atoms with E-state index in [1.807, 2.05) is 0 Å². The van der Waals surface area contributed by atoms with Crippen LogP contribution in [0.5, 0.6) is 0 Å². The molecule has 1 aromatic heterocycles. The number of carbonyl (C=O) groups is 1. The number of carbonyl (C=O) groups excluding carboxylic acids is 1. The van der Waals surface area contributed by atoms with Gasteiger partial charge in [0.2, 0.25) is 0 Å². The van der Waals surface area contributed by atoms with Gasteiger partial charge in [-0.15, -0.1) is 0 Å². The topological polar surface area (TPSA) is 47.4 Å². The Morgan fingerprint density at radius 3 is 2.67 bits per heavy atom. The number of amides is 1. The van der Waals surface area contributed by atoms with Gasteiger partial charge in [-0.2, -0.15) is 13.9 Å². The van der Waals surface area contributed by atoms with E-state index < -0.39 is 12.5 Å². The van der Waals surface area contributed by atoms with Crippen molar-refractivity contribution in [2.24, 2.45) is 0 Å². The summed E-state index contributed by atoms with van der Waals surface area (Å²) in [7, 11) is 2.68. The summed E-state index contributed by atoms with van der Waals surface area (Å²) in [6, 6.07) is 0. The number of hydroxylamine groups is 2. The van der Waals surface area contributed by atoms with Crippen LogP contribution in [0.2, 0.25) is 0 Å². The fourth-order valence-corrected chi connectivity index (χ4v) is 1.03. The van der Waals surface area contributed by atoms with Crippen LogP contribution in [0.1, 0.15) is 22.6 Å². The van der Waals surface area contributed by atoms with E-state index in [-0.39, 0.29) is 5.69 Å². The Labute approximate surface area is 85.2 Å². The second-order valence-corrected chi connectivity index (χ2v) is 2.90. The van der Waals surface area contributed by atoms with Gasteiger partial charge >= 0.3 is 6.55 Å². The molecule has 0 fully saturated rings. The molecule has 15 heavy (non-hydrogen) atoms. The summed E-state index contributed by atoms with van der Waals surface area (Å²) in [5.74, 6) is -0.561. The van der Waals surface area contributed by atoms with Crippen LogP contribution >= 0.6 is 0 Å². The Bertz CT molecular complexity index is 365. The van der Waals surface area contributed by atoms with Crippen LogP contribution in [-0.2, 0) is 4.84 Å². The second-order valence-electron chi connectivity index (χ2n) is 2.90. The molecule has 1 aromatic rings. The van der Waals surface area contributed by atoms with Crippen LogP contribution in [0.3, 0.4) is 0 Å². The van der Waals surface area contributed by atoms with E-state index >= 15 is 0 Å².